The van der Waals surface area contributed by atoms with E-state index in [4.69, 9.17) is 4.42 Å². The number of halogens is 1. The zero-order valence-electron chi connectivity index (χ0n) is 13.8. The average molecular weight is 364 g/mol. The van der Waals surface area contributed by atoms with E-state index in [1.54, 1.807) is 6.92 Å². The van der Waals surface area contributed by atoms with Crippen LogP contribution in [0, 0.1) is 34.6 Å². The van der Waals surface area contributed by atoms with Gasteiger partial charge in [0.1, 0.15) is 11.5 Å². The van der Waals surface area contributed by atoms with Crippen LogP contribution in [0.4, 0.5) is 0 Å². The Kier molecular flexibility index (Phi) is 5.12. The fourth-order valence-corrected chi connectivity index (χ4v) is 3.45. The topological polar surface area (TPSA) is 42.2 Å². The minimum Gasteiger partial charge on any atom is -0.465 e. The van der Waals surface area contributed by atoms with E-state index in [-0.39, 0.29) is 5.91 Å². The Morgan fingerprint density at radius 3 is 2.18 bits per heavy atom. The highest BCUT2D eigenvalue weighted by molar-refractivity contribution is 9.10. The molecule has 1 aromatic heterocycles. The molecule has 0 atom stereocenters. The first kappa shape index (κ1) is 16.8. The van der Waals surface area contributed by atoms with Gasteiger partial charge in [-0.15, -0.1) is 0 Å². The summed E-state index contributed by atoms with van der Waals surface area (Å²) in [7, 11) is 0. The Hall–Kier alpha value is -1.55. The highest BCUT2D eigenvalue weighted by Crippen LogP contribution is 2.27. The summed E-state index contributed by atoms with van der Waals surface area (Å²) >= 11 is 3.42. The summed E-state index contributed by atoms with van der Waals surface area (Å²) in [5, 5.41) is 2.98. The van der Waals surface area contributed by atoms with Crippen molar-refractivity contribution in [1.29, 1.82) is 0 Å². The Bertz CT molecular complexity index is 693. The molecule has 2 rings (SSSR count). The van der Waals surface area contributed by atoms with Gasteiger partial charge < -0.3 is 9.73 Å². The molecular weight excluding hydrogens is 342 g/mol. The molecule has 0 aliphatic rings. The van der Waals surface area contributed by atoms with Gasteiger partial charge in [0.05, 0.1) is 10.0 Å². The summed E-state index contributed by atoms with van der Waals surface area (Å²) in [6, 6.07) is 4.37. The summed E-state index contributed by atoms with van der Waals surface area (Å²) in [6.45, 7) is 10.6. The van der Waals surface area contributed by atoms with E-state index in [1.807, 2.05) is 6.92 Å². The molecule has 0 saturated heterocycles. The third-order valence-corrected chi connectivity index (χ3v) is 4.87. The van der Waals surface area contributed by atoms with Gasteiger partial charge in [-0.25, -0.2) is 0 Å². The largest absolute Gasteiger partial charge is 0.465 e. The molecule has 0 radical (unpaired) electrons. The van der Waals surface area contributed by atoms with E-state index in [1.165, 1.54) is 22.3 Å². The van der Waals surface area contributed by atoms with E-state index in [2.05, 4.69) is 54.2 Å². The summed E-state index contributed by atoms with van der Waals surface area (Å²) in [5.74, 6) is 1.28. The molecule has 0 fully saturated rings. The number of amides is 1. The van der Waals surface area contributed by atoms with Gasteiger partial charge in [0.25, 0.3) is 5.91 Å². The Balaban J connectivity index is 2.04. The lowest BCUT2D eigenvalue weighted by Gasteiger charge is -2.12. The normalized spacial score (nSPS) is 10.8. The van der Waals surface area contributed by atoms with Crippen molar-refractivity contribution in [3.8, 4) is 0 Å². The van der Waals surface area contributed by atoms with Gasteiger partial charge in [0.2, 0.25) is 0 Å². The van der Waals surface area contributed by atoms with Crippen LogP contribution >= 0.6 is 15.9 Å². The fraction of sp³-hybridized carbons (Fsp3) is 0.389. The molecule has 118 valence electrons. The van der Waals surface area contributed by atoms with Crippen LogP contribution in [-0.4, -0.2) is 12.5 Å². The number of hydrogen-bond acceptors (Lipinski definition) is 2. The third-order valence-electron chi connectivity index (χ3n) is 3.91. The second-order valence-electron chi connectivity index (χ2n) is 5.79. The van der Waals surface area contributed by atoms with Crippen LogP contribution in [0.3, 0.4) is 0 Å². The third kappa shape index (κ3) is 3.43. The molecule has 0 saturated carbocycles. The van der Waals surface area contributed by atoms with E-state index >= 15 is 0 Å². The lowest BCUT2D eigenvalue weighted by molar-refractivity contribution is 0.0952. The minimum atomic E-state index is -0.0938. The molecule has 4 heteroatoms. The van der Waals surface area contributed by atoms with Crippen molar-refractivity contribution in [2.45, 2.75) is 41.0 Å². The second kappa shape index (κ2) is 6.69. The number of benzene rings is 1. The molecule has 0 unspecified atom stereocenters. The number of hydrogen-bond donors (Lipinski definition) is 1. The van der Waals surface area contributed by atoms with Crippen LogP contribution in [0.25, 0.3) is 0 Å². The number of carbonyl (C=O) groups is 1. The van der Waals surface area contributed by atoms with Crippen LogP contribution < -0.4 is 5.32 Å². The minimum absolute atomic E-state index is 0.0938. The molecule has 1 N–H and O–H groups in total. The zero-order valence-corrected chi connectivity index (χ0v) is 15.3. The summed E-state index contributed by atoms with van der Waals surface area (Å²) < 4.78 is 6.22. The Labute approximate surface area is 140 Å². The molecule has 0 spiro atoms. The van der Waals surface area contributed by atoms with Crippen molar-refractivity contribution >= 4 is 21.8 Å². The predicted molar refractivity (Wildman–Crippen MR) is 92.6 cm³/mol. The highest BCUT2D eigenvalue weighted by Gasteiger charge is 2.19. The Morgan fingerprint density at radius 2 is 1.68 bits per heavy atom. The van der Waals surface area contributed by atoms with Crippen molar-refractivity contribution in [2.24, 2.45) is 0 Å². The first-order valence-electron chi connectivity index (χ1n) is 7.41. The van der Waals surface area contributed by atoms with Gasteiger partial charge in [-0.05, 0) is 73.7 Å². The van der Waals surface area contributed by atoms with Crippen molar-refractivity contribution in [3.05, 3.63) is 55.9 Å². The quantitative estimate of drug-likeness (QED) is 0.864. The summed E-state index contributed by atoms with van der Waals surface area (Å²) in [6.07, 6.45) is 0.831. The Morgan fingerprint density at radius 1 is 1.09 bits per heavy atom. The number of aryl methyl sites for hydroxylation is 5. The van der Waals surface area contributed by atoms with Crippen LogP contribution in [0.2, 0.25) is 0 Å². The first-order chi connectivity index (χ1) is 10.3. The summed E-state index contributed by atoms with van der Waals surface area (Å²) in [4.78, 5) is 12.3. The van der Waals surface area contributed by atoms with Gasteiger partial charge in [-0.3, -0.25) is 4.79 Å². The number of carbonyl (C=O) groups excluding carboxylic acids is 1. The number of rotatable bonds is 4. The monoisotopic (exact) mass is 363 g/mol. The van der Waals surface area contributed by atoms with Crippen molar-refractivity contribution in [2.75, 3.05) is 6.54 Å². The van der Waals surface area contributed by atoms with Gasteiger partial charge in [-0.1, -0.05) is 17.7 Å². The standard InChI is InChI=1S/C18H22BrNO2/c1-10-8-11(2)15(12(3)9-10)6-7-20-18(21)16-13(4)22-14(5)17(16)19/h8-9H,6-7H2,1-5H3,(H,20,21). The van der Waals surface area contributed by atoms with E-state index in [9.17, 15) is 4.79 Å². The van der Waals surface area contributed by atoms with Gasteiger partial charge in [0, 0.05) is 6.54 Å². The molecule has 0 aliphatic heterocycles. The molecule has 1 heterocycles. The maximum Gasteiger partial charge on any atom is 0.256 e. The number of furan rings is 1. The van der Waals surface area contributed by atoms with Gasteiger partial charge in [-0.2, -0.15) is 0 Å². The van der Waals surface area contributed by atoms with Crippen LogP contribution in [-0.2, 0) is 6.42 Å². The average Bonchev–Trinajstić information content (AvgIpc) is 2.66. The molecule has 1 amide bonds. The maximum absolute atomic E-state index is 12.3. The van der Waals surface area contributed by atoms with Gasteiger partial charge >= 0.3 is 0 Å². The fourth-order valence-electron chi connectivity index (χ4n) is 2.91. The lowest BCUT2D eigenvalue weighted by Crippen LogP contribution is -2.26. The molecule has 0 aliphatic carbocycles. The van der Waals surface area contributed by atoms with Crippen LogP contribution in [0.15, 0.2) is 21.0 Å². The smallest absolute Gasteiger partial charge is 0.256 e. The second-order valence-corrected chi connectivity index (χ2v) is 6.58. The van der Waals surface area contributed by atoms with E-state index in [0.717, 1.165) is 16.7 Å². The van der Waals surface area contributed by atoms with Gasteiger partial charge in [0.15, 0.2) is 0 Å². The molecule has 0 bridgehead atoms. The highest BCUT2D eigenvalue weighted by atomic mass is 79.9. The molecule has 3 nitrogen and oxygen atoms in total. The maximum atomic E-state index is 12.3. The SMILES string of the molecule is Cc1cc(C)c(CCNC(=O)c2c(C)oc(C)c2Br)c(C)c1. The van der Waals surface area contributed by atoms with E-state index < -0.39 is 0 Å². The predicted octanol–water partition coefficient (Wildman–Crippen LogP) is 4.56. The van der Waals surface area contributed by atoms with Crippen LogP contribution in [0.1, 0.15) is 44.1 Å². The zero-order chi connectivity index (χ0) is 16.4. The van der Waals surface area contributed by atoms with Crippen molar-refractivity contribution in [1.82, 2.24) is 5.32 Å². The van der Waals surface area contributed by atoms with Crippen LogP contribution in [0.5, 0.6) is 0 Å². The molecular formula is C18H22BrNO2. The first-order valence-corrected chi connectivity index (χ1v) is 8.21. The number of nitrogens with one attached hydrogen (secondary N) is 1. The molecule has 22 heavy (non-hydrogen) atoms. The molecule has 2 aromatic rings. The summed E-state index contributed by atoms with van der Waals surface area (Å²) in [5.41, 5.74) is 5.74. The van der Waals surface area contributed by atoms with Crippen molar-refractivity contribution in [3.63, 3.8) is 0 Å². The lowest BCUT2D eigenvalue weighted by atomic mass is 9.97. The van der Waals surface area contributed by atoms with E-state index in [0.29, 0.717) is 17.9 Å². The van der Waals surface area contributed by atoms with Crippen molar-refractivity contribution < 1.29 is 9.21 Å². The molecule has 1 aromatic carbocycles.